The highest BCUT2D eigenvalue weighted by Gasteiger charge is 1.97. The lowest BCUT2D eigenvalue weighted by molar-refractivity contribution is 0.931. The van der Waals surface area contributed by atoms with Crippen LogP contribution in [-0.4, -0.2) is 16.5 Å². The third-order valence-corrected chi connectivity index (χ3v) is 1.47. The van der Waals surface area contributed by atoms with Crippen molar-refractivity contribution in [3.05, 3.63) is 10.8 Å². The molecular weight excluding hydrogens is 128 g/mol. The highest BCUT2D eigenvalue weighted by molar-refractivity contribution is 5.24. The molecule has 0 aliphatic carbocycles. The number of imidazole rings is 1. The van der Waals surface area contributed by atoms with Gasteiger partial charge >= 0.3 is 0 Å². The predicted molar refractivity (Wildman–Crippen MR) is 37.7 cm³/mol. The highest BCUT2D eigenvalue weighted by atomic mass is 15.1. The second-order valence-electron chi connectivity index (χ2n) is 2.23. The molecule has 2 rings (SSSR count). The zero-order chi connectivity index (χ0) is 6.97. The molecule has 52 valence electrons. The van der Waals surface area contributed by atoms with Crippen molar-refractivity contribution in [2.75, 3.05) is 12.3 Å². The average Bonchev–Trinajstić information content (AvgIpc) is 2.27. The Labute approximate surface area is 57.5 Å². The average molecular weight is 136 g/mol. The summed E-state index contributed by atoms with van der Waals surface area (Å²) in [5, 5.41) is 0.962. The molecule has 0 spiro atoms. The summed E-state index contributed by atoms with van der Waals surface area (Å²) in [5.41, 5.74) is 6.17. The standard InChI is InChI=1S/C6H8N4/c7-6-9-4-2-1-3-8-5(4)10-6/h2H,1,3H2,(H3,7,8,9,10). The molecule has 4 nitrogen and oxygen atoms in total. The quantitative estimate of drug-likeness (QED) is 0.470. The molecule has 0 unspecified atom stereocenters. The van der Waals surface area contributed by atoms with Crippen LogP contribution < -0.4 is 16.6 Å². The minimum atomic E-state index is 0.451. The number of hydrogen-bond donors (Lipinski definition) is 2. The van der Waals surface area contributed by atoms with E-state index in [9.17, 15) is 0 Å². The molecule has 1 aliphatic heterocycles. The number of aromatic nitrogens is 2. The topological polar surface area (TPSA) is 67.1 Å². The number of fused-ring (bicyclic) bond motifs is 1. The van der Waals surface area contributed by atoms with Crippen molar-refractivity contribution in [1.82, 2.24) is 9.97 Å². The van der Waals surface area contributed by atoms with Crippen molar-refractivity contribution >= 4 is 12.0 Å². The van der Waals surface area contributed by atoms with Gasteiger partial charge in [0.15, 0.2) is 11.4 Å². The molecule has 0 fully saturated rings. The molecular formula is C6H8N4. The van der Waals surface area contributed by atoms with E-state index < -0.39 is 0 Å². The van der Waals surface area contributed by atoms with Crippen LogP contribution in [0, 0.1) is 0 Å². The van der Waals surface area contributed by atoms with Crippen LogP contribution in [-0.2, 0) is 0 Å². The van der Waals surface area contributed by atoms with Gasteiger partial charge < -0.3 is 10.7 Å². The molecule has 4 heteroatoms. The summed E-state index contributed by atoms with van der Waals surface area (Å²) in [7, 11) is 0. The maximum absolute atomic E-state index is 5.41. The van der Waals surface area contributed by atoms with Crippen LogP contribution in [0.25, 0.3) is 6.08 Å². The van der Waals surface area contributed by atoms with Gasteiger partial charge in [-0.25, -0.2) is 0 Å². The Kier molecular flexibility index (Phi) is 1.00. The first-order chi connectivity index (χ1) is 4.86. The fourth-order valence-corrected chi connectivity index (χ4v) is 1.04. The zero-order valence-electron chi connectivity index (χ0n) is 5.46. The van der Waals surface area contributed by atoms with Crippen molar-refractivity contribution in [3.63, 3.8) is 0 Å². The van der Waals surface area contributed by atoms with Gasteiger partial charge in [0, 0.05) is 6.54 Å². The van der Waals surface area contributed by atoms with Crippen LogP contribution in [0.15, 0.2) is 4.99 Å². The van der Waals surface area contributed by atoms with E-state index in [4.69, 9.17) is 5.73 Å². The highest BCUT2D eigenvalue weighted by Crippen LogP contribution is 1.85. The number of rotatable bonds is 0. The van der Waals surface area contributed by atoms with E-state index in [1.54, 1.807) is 0 Å². The summed E-state index contributed by atoms with van der Waals surface area (Å²) >= 11 is 0. The number of aromatic amines is 1. The third kappa shape index (κ3) is 0.689. The number of H-pyrrole nitrogens is 1. The van der Waals surface area contributed by atoms with Gasteiger partial charge in [0.2, 0.25) is 0 Å². The van der Waals surface area contributed by atoms with Gasteiger partial charge in [-0.05, 0) is 6.42 Å². The molecule has 0 saturated heterocycles. The Hall–Kier alpha value is -1.32. The number of hydrogen-bond acceptors (Lipinski definition) is 3. The van der Waals surface area contributed by atoms with Crippen molar-refractivity contribution in [2.45, 2.75) is 6.42 Å². The largest absolute Gasteiger partial charge is 0.369 e. The van der Waals surface area contributed by atoms with Gasteiger partial charge in [-0.2, -0.15) is 4.98 Å². The van der Waals surface area contributed by atoms with Crippen LogP contribution in [0.5, 0.6) is 0 Å². The molecule has 0 radical (unpaired) electrons. The smallest absolute Gasteiger partial charge is 0.200 e. The van der Waals surface area contributed by atoms with Gasteiger partial charge in [0.05, 0.1) is 5.35 Å². The number of nitrogens with zero attached hydrogens (tertiary/aromatic N) is 2. The maximum atomic E-state index is 5.41. The fraction of sp³-hybridized carbons (Fsp3) is 0.333. The van der Waals surface area contributed by atoms with Crippen LogP contribution in [0.1, 0.15) is 6.42 Å². The van der Waals surface area contributed by atoms with Crippen molar-refractivity contribution in [2.24, 2.45) is 4.99 Å². The Morgan fingerprint density at radius 2 is 2.50 bits per heavy atom. The van der Waals surface area contributed by atoms with Gasteiger partial charge in [-0.15, -0.1) is 0 Å². The number of nitrogens with two attached hydrogens (primary N) is 1. The minimum absolute atomic E-state index is 0.451. The normalized spacial score (nSPS) is 15.2. The van der Waals surface area contributed by atoms with Crippen molar-refractivity contribution < 1.29 is 0 Å². The molecule has 0 aromatic carbocycles. The van der Waals surface area contributed by atoms with Crippen LogP contribution in [0.3, 0.4) is 0 Å². The van der Waals surface area contributed by atoms with Crippen LogP contribution in [0.2, 0.25) is 0 Å². The number of anilines is 1. The molecule has 1 aromatic rings. The van der Waals surface area contributed by atoms with Gasteiger partial charge in [0.25, 0.3) is 0 Å². The van der Waals surface area contributed by atoms with E-state index in [0.717, 1.165) is 23.8 Å². The molecule has 10 heavy (non-hydrogen) atoms. The number of nitrogen functional groups attached to an aromatic ring is 1. The molecule has 0 saturated carbocycles. The first kappa shape index (κ1) is 5.46. The second-order valence-corrected chi connectivity index (χ2v) is 2.23. The van der Waals surface area contributed by atoms with E-state index in [1.807, 2.05) is 0 Å². The van der Waals surface area contributed by atoms with Gasteiger partial charge in [0.1, 0.15) is 0 Å². The lowest BCUT2D eigenvalue weighted by atomic mass is 10.3. The molecule has 0 amide bonds. The molecule has 1 aliphatic rings. The van der Waals surface area contributed by atoms with E-state index in [1.165, 1.54) is 0 Å². The molecule has 0 bridgehead atoms. The van der Waals surface area contributed by atoms with E-state index in [2.05, 4.69) is 21.0 Å². The Morgan fingerprint density at radius 3 is 3.30 bits per heavy atom. The van der Waals surface area contributed by atoms with E-state index in [-0.39, 0.29) is 0 Å². The van der Waals surface area contributed by atoms with Gasteiger partial charge in [-0.1, -0.05) is 6.08 Å². The van der Waals surface area contributed by atoms with Crippen LogP contribution in [0.4, 0.5) is 5.95 Å². The van der Waals surface area contributed by atoms with E-state index in [0.29, 0.717) is 5.95 Å². The second kappa shape index (κ2) is 1.83. The summed E-state index contributed by atoms with van der Waals surface area (Å²) in [6, 6.07) is 0. The maximum Gasteiger partial charge on any atom is 0.200 e. The summed E-state index contributed by atoms with van der Waals surface area (Å²) in [5.74, 6) is 0.451. The Balaban J connectivity index is 2.83. The molecule has 3 N–H and O–H groups in total. The summed E-state index contributed by atoms with van der Waals surface area (Å²) in [6.45, 7) is 0.831. The Morgan fingerprint density at radius 1 is 1.60 bits per heavy atom. The lowest BCUT2D eigenvalue weighted by Gasteiger charge is -1.89. The SMILES string of the molecule is Nc1nc2c([nH]1)=CCCN=2. The van der Waals surface area contributed by atoms with Crippen molar-refractivity contribution in [3.8, 4) is 0 Å². The predicted octanol–water partition coefficient (Wildman–Crippen LogP) is -1.20. The zero-order valence-corrected chi connectivity index (χ0v) is 5.46. The van der Waals surface area contributed by atoms with Crippen LogP contribution >= 0.6 is 0 Å². The molecule has 0 atom stereocenters. The lowest BCUT2D eigenvalue weighted by Crippen LogP contribution is -2.27. The number of nitrogens with one attached hydrogen (secondary N) is 1. The third-order valence-electron chi connectivity index (χ3n) is 1.47. The summed E-state index contributed by atoms with van der Waals surface area (Å²) in [4.78, 5) is 11.0. The van der Waals surface area contributed by atoms with E-state index >= 15 is 0 Å². The minimum Gasteiger partial charge on any atom is -0.369 e. The first-order valence-corrected chi connectivity index (χ1v) is 3.22. The molecule has 1 aromatic heterocycles. The monoisotopic (exact) mass is 136 g/mol. The first-order valence-electron chi connectivity index (χ1n) is 3.22. The Bertz CT molecular complexity index is 315. The molecule has 2 heterocycles. The van der Waals surface area contributed by atoms with Gasteiger partial charge in [-0.3, -0.25) is 4.99 Å². The summed E-state index contributed by atoms with van der Waals surface area (Å²) < 4.78 is 0. The van der Waals surface area contributed by atoms with Crippen molar-refractivity contribution in [1.29, 1.82) is 0 Å². The summed E-state index contributed by atoms with van der Waals surface area (Å²) in [6.07, 6.45) is 3.04. The fourth-order valence-electron chi connectivity index (χ4n) is 1.04.